The van der Waals surface area contributed by atoms with Crippen LogP contribution in [0.5, 0.6) is 0 Å². The van der Waals surface area contributed by atoms with Gasteiger partial charge in [0.25, 0.3) is 0 Å². The van der Waals surface area contributed by atoms with Gasteiger partial charge in [-0.05, 0) is 52.2 Å². The molecule has 0 fully saturated rings. The summed E-state index contributed by atoms with van der Waals surface area (Å²) < 4.78 is 2.15. The van der Waals surface area contributed by atoms with E-state index < -0.39 is 0 Å². The smallest absolute Gasteiger partial charge is 0.188 e. The number of nitrogens with zero attached hydrogens (tertiary/aromatic N) is 3. The Hall–Kier alpha value is -4.86. The molecule has 0 bridgehead atoms. The molecule has 0 aliphatic rings. The first-order valence-corrected chi connectivity index (χ1v) is 10.7. The van der Waals surface area contributed by atoms with Crippen LogP contribution in [0.25, 0.3) is 54.2 Å². The fraction of sp³-hybridized carbons (Fsp3) is 0. The monoisotopic (exact) mass is 419 g/mol. The van der Waals surface area contributed by atoms with E-state index >= 15 is 0 Å². The van der Waals surface area contributed by atoms with Crippen molar-refractivity contribution in [3.63, 3.8) is 0 Å². The lowest BCUT2D eigenvalue weighted by Gasteiger charge is -2.11. The molecule has 0 atom stereocenters. The first kappa shape index (κ1) is 18.9. The van der Waals surface area contributed by atoms with Crippen LogP contribution >= 0.6 is 0 Å². The third-order valence-corrected chi connectivity index (χ3v) is 6.23. The molecular weight excluding hydrogens is 402 g/mol. The zero-order valence-electron chi connectivity index (χ0n) is 17.7. The van der Waals surface area contributed by atoms with Crippen molar-refractivity contribution >= 4 is 38.3 Å². The van der Waals surface area contributed by atoms with Crippen molar-refractivity contribution in [2.24, 2.45) is 0 Å². The first-order chi connectivity index (χ1) is 16.3. The molecule has 0 amide bonds. The van der Waals surface area contributed by atoms with E-state index in [1.54, 1.807) is 12.1 Å². The highest BCUT2D eigenvalue weighted by molar-refractivity contribution is 6.22. The van der Waals surface area contributed by atoms with Crippen molar-refractivity contribution < 1.29 is 0 Å². The molecular formula is C30H17N3. The predicted molar refractivity (Wildman–Crippen MR) is 135 cm³/mol. The molecule has 0 aliphatic carbocycles. The number of aromatic nitrogens is 1. The summed E-state index contributed by atoms with van der Waals surface area (Å²) in [5.41, 5.74) is 6.13. The number of fused-ring (bicyclic) bond motifs is 5. The second-order valence-electron chi connectivity index (χ2n) is 8.04. The number of benzene rings is 5. The number of nitriles is 1. The third kappa shape index (κ3) is 2.88. The van der Waals surface area contributed by atoms with Crippen molar-refractivity contribution in [2.45, 2.75) is 0 Å². The molecule has 6 aromatic rings. The van der Waals surface area contributed by atoms with Crippen LogP contribution < -0.4 is 0 Å². The molecule has 3 nitrogen and oxygen atoms in total. The van der Waals surface area contributed by atoms with Crippen LogP contribution in [0.1, 0.15) is 5.56 Å². The lowest BCUT2D eigenvalue weighted by Crippen LogP contribution is -1.97. The molecule has 152 valence electrons. The van der Waals surface area contributed by atoms with Gasteiger partial charge in [0.2, 0.25) is 0 Å². The minimum absolute atomic E-state index is 0.466. The van der Waals surface area contributed by atoms with E-state index in [9.17, 15) is 5.26 Å². The fourth-order valence-corrected chi connectivity index (χ4v) is 4.74. The maximum Gasteiger partial charge on any atom is 0.188 e. The van der Waals surface area contributed by atoms with Crippen molar-refractivity contribution in [3.05, 3.63) is 120 Å². The van der Waals surface area contributed by atoms with Crippen LogP contribution in [0, 0.1) is 17.9 Å². The Morgan fingerprint density at radius 1 is 0.697 bits per heavy atom. The van der Waals surface area contributed by atoms with Gasteiger partial charge in [0.1, 0.15) is 0 Å². The van der Waals surface area contributed by atoms with Crippen LogP contribution in [-0.4, -0.2) is 4.57 Å². The molecule has 1 heterocycles. The maximum absolute atomic E-state index is 9.88. The van der Waals surface area contributed by atoms with Gasteiger partial charge in [0.15, 0.2) is 5.69 Å². The van der Waals surface area contributed by atoms with E-state index in [-0.39, 0.29) is 0 Å². The van der Waals surface area contributed by atoms with Gasteiger partial charge < -0.3 is 4.57 Å². The quantitative estimate of drug-likeness (QED) is 0.262. The second kappa shape index (κ2) is 7.38. The lowest BCUT2D eigenvalue weighted by molar-refractivity contribution is 1.17. The Labute approximate surface area is 191 Å². The summed E-state index contributed by atoms with van der Waals surface area (Å²) in [6.07, 6.45) is 0. The van der Waals surface area contributed by atoms with E-state index in [0.717, 1.165) is 27.7 Å². The molecule has 5 aromatic carbocycles. The highest BCUT2D eigenvalue weighted by atomic mass is 15.0. The summed E-state index contributed by atoms with van der Waals surface area (Å²) in [5.74, 6) is 0. The zero-order chi connectivity index (χ0) is 22.4. The minimum Gasteiger partial charge on any atom is -0.308 e. The Morgan fingerprint density at radius 3 is 2.30 bits per heavy atom. The standard InChI is InChI=1S/C30H17N3/c1-32-24-13-16-27(23(17-24)19-31)33-28-14-12-22(20-7-3-2-4-8-20)18-26(28)30-25-10-6-5-9-21(25)11-15-29(30)33/h2-18H. The van der Waals surface area contributed by atoms with Crippen molar-refractivity contribution in [3.8, 4) is 22.9 Å². The Balaban J connectivity index is 1.78. The van der Waals surface area contributed by atoms with Gasteiger partial charge in [-0.25, -0.2) is 4.85 Å². The van der Waals surface area contributed by atoms with E-state index in [0.29, 0.717) is 11.3 Å². The van der Waals surface area contributed by atoms with Crippen LogP contribution in [0.15, 0.2) is 103 Å². The van der Waals surface area contributed by atoms with Crippen molar-refractivity contribution in [2.75, 3.05) is 0 Å². The molecule has 0 radical (unpaired) electrons. The minimum atomic E-state index is 0.466. The Morgan fingerprint density at radius 2 is 1.48 bits per heavy atom. The topological polar surface area (TPSA) is 33.1 Å². The van der Waals surface area contributed by atoms with Crippen molar-refractivity contribution in [1.82, 2.24) is 4.57 Å². The SMILES string of the molecule is [C-]#[N+]c1ccc(-n2c3ccc(-c4ccccc4)cc3c3c4ccccc4ccc32)c(C#N)c1. The Kier molecular flexibility index (Phi) is 4.22. The number of rotatable bonds is 2. The van der Waals surface area contributed by atoms with E-state index in [2.05, 4.69) is 94.3 Å². The molecule has 0 aliphatic heterocycles. The maximum atomic E-state index is 9.88. The summed E-state index contributed by atoms with van der Waals surface area (Å²) in [5, 5.41) is 14.5. The zero-order valence-corrected chi connectivity index (χ0v) is 17.7. The summed E-state index contributed by atoms with van der Waals surface area (Å²) in [6.45, 7) is 7.33. The molecule has 0 unspecified atom stereocenters. The summed E-state index contributed by atoms with van der Waals surface area (Å²) >= 11 is 0. The Bertz CT molecular complexity index is 1780. The van der Waals surface area contributed by atoms with Gasteiger partial charge in [0.05, 0.1) is 34.9 Å². The van der Waals surface area contributed by atoms with Gasteiger partial charge in [-0.1, -0.05) is 72.8 Å². The summed E-state index contributed by atoms with van der Waals surface area (Å²) in [4.78, 5) is 3.50. The summed E-state index contributed by atoms with van der Waals surface area (Å²) in [6, 6.07) is 37.2. The molecule has 0 saturated carbocycles. The molecule has 33 heavy (non-hydrogen) atoms. The highest BCUT2D eigenvalue weighted by Gasteiger charge is 2.17. The third-order valence-electron chi connectivity index (χ3n) is 6.23. The average Bonchev–Trinajstić information content (AvgIpc) is 3.22. The van der Waals surface area contributed by atoms with Crippen LogP contribution in [-0.2, 0) is 0 Å². The fourth-order valence-electron chi connectivity index (χ4n) is 4.74. The molecule has 0 N–H and O–H groups in total. The number of hydrogen-bond acceptors (Lipinski definition) is 1. The van der Waals surface area contributed by atoms with Crippen LogP contribution in [0.3, 0.4) is 0 Å². The van der Waals surface area contributed by atoms with Gasteiger partial charge in [-0.15, -0.1) is 0 Å². The van der Waals surface area contributed by atoms with E-state index in [1.165, 1.54) is 21.7 Å². The van der Waals surface area contributed by atoms with E-state index in [4.69, 9.17) is 6.57 Å². The largest absolute Gasteiger partial charge is 0.308 e. The predicted octanol–water partition coefficient (Wildman–Crippen LogP) is 8.03. The van der Waals surface area contributed by atoms with Crippen LogP contribution in [0.4, 0.5) is 5.69 Å². The molecule has 0 spiro atoms. The van der Waals surface area contributed by atoms with Gasteiger partial charge in [-0.2, -0.15) is 5.26 Å². The molecule has 6 rings (SSSR count). The number of hydrogen-bond donors (Lipinski definition) is 0. The second-order valence-corrected chi connectivity index (χ2v) is 8.04. The van der Waals surface area contributed by atoms with E-state index in [1.807, 2.05) is 12.1 Å². The summed E-state index contributed by atoms with van der Waals surface area (Å²) in [7, 11) is 0. The van der Waals surface area contributed by atoms with Crippen LogP contribution in [0.2, 0.25) is 0 Å². The molecule has 1 aromatic heterocycles. The van der Waals surface area contributed by atoms with Crippen molar-refractivity contribution in [1.29, 1.82) is 5.26 Å². The first-order valence-electron chi connectivity index (χ1n) is 10.7. The normalized spacial score (nSPS) is 11.0. The molecule has 3 heteroatoms. The van der Waals surface area contributed by atoms with Gasteiger partial charge >= 0.3 is 0 Å². The van der Waals surface area contributed by atoms with Gasteiger partial charge in [-0.3, -0.25) is 0 Å². The molecule has 0 saturated heterocycles. The highest BCUT2D eigenvalue weighted by Crippen LogP contribution is 2.39. The lowest BCUT2D eigenvalue weighted by atomic mass is 10.0. The average molecular weight is 419 g/mol. The van der Waals surface area contributed by atoms with Gasteiger partial charge in [0, 0.05) is 10.8 Å².